The molecule has 5 heteroatoms. The van der Waals surface area contributed by atoms with Gasteiger partial charge in [0.05, 0.1) is 0 Å². The quantitative estimate of drug-likeness (QED) is 0.262. The van der Waals surface area contributed by atoms with Crippen LogP contribution in [0.25, 0.3) is 5.53 Å². The van der Waals surface area contributed by atoms with Crippen molar-refractivity contribution in [2.75, 3.05) is 0 Å². The lowest BCUT2D eigenvalue weighted by atomic mass is 10.2. The van der Waals surface area contributed by atoms with E-state index in [1.165, 1.54) is 0 Å². The third-order valence-corrected chi connectivity index (χ3v) is 0.869. The van der Waals surface area contributed by atoms with Crippen LogP contribution in [0.3, 0.4) is 0 Å². The van der Waals surface area contributed by atoms with Crippen LogP contribution in [0.15, 0.2) is 0 Å². The zero-order valence-electron chi connectivity index (χ0n) is 7.56. The molecule has 0 aromatic heterocycles. The van der Waals surface area contributed by atoms with Crippen LogP contribution in [0.4, 0.5) is 8.78 Å². The van der Waals surface area contributed by atoms with Gasteiger partial charge in [0.1, 0.15) is 5.60 Å². The minimum Gasteiger partial charge on any atom is -0.426 e. The van der Waals surface area contributed by atoms with E-state index in [0.29, 0.717) is 6.92 Å². The van der Waals surface area contributed by atoms with Gasteiger partial charge in [0.25, 0.3) is 0 Å². The van der Waals surface area contributed by atoms with Crippen LogP contribution in [0.5, 0.6) is 0 Å². The monoisotopic (exact) mass is 178 g/mol. The first-order chi connectivity index (χ1) is 5.17. The van der Waals surface area contributed by atoms with Crippen molar-refractivity contribution < 1.29 is 18.3 Å². The molecule has 0 amide bonds. The van der Waals surface area contributed by atoms with E-state index >= 15 is 0 Å². The molecule has 0 radical (unpaired) electrons. The Morgan fingerprint density at radius 2 is 1.67 bits per heavy atom. The van der Waals surface area contributed by atoms with Gasteiger partial charge in [-0.25, -0.2) is 0 Å². The molecule has 0 aromatic carbocycles. The Morgan fingerprint density at radius 3 is 1.75 bits per heavy atom. The summed E-state index contributed by atoms with van der Waals surface area (Å²) in [5, 5.41) is 0. The highest BCUT2D eigenvalue weighted by molar-refractivity contribution is 5.77. The maximum absolute atomic E-state index is 12.5. The van der Waals surface area contributed by atoms with Gasteiger partial charge in [-0.2, -0.15) is 8.78 Å². The van der Waals surface area contributed by atoms with Gasteiger partial charge in [-0.1, -0.05) is 0 Å². The maximum Gasteiger partial charge on any atom is 0.520 e. The normalized spacial score (nSPS) is 12.2. The van der Waals surface area contributed by atoms with Gasteiger partial charge in [0.15, 0.2) is 0 Å². The smallest absolute Gasteiger partial charge is 0.426 e. The van der Waals surface area contributed by atoms with Crippen LogP contribution < -0.4 is 0 Å². The highest BCUT2D eigenvalue weighted by Gasteiger charge is 2.42. The van der Waals surface area contributed by atoms with Crippen molar-refractivity contribution in [3.05, 3.63) is 5.53 Å². The van der Waals surface area contributed by atoms with Crippen molar-refractivity contribution >= 4 is 5.90 Å². The topological polar surface area (TPSA) is 45.6 Å². The van der Waals surface area contributed by atoms with Crippen LogP contribution in [-0.2, 0) is 4.74 Å². The van der Waals surface area contributed by atoms with Gasteiger partial charge < -0.3 is 10.3 Å². The SMILES string of the molecule is CC(C)(C)OC(=[N+]=[N-])C(C)(F)F. The standard InChI is InChI=1S/C7H12F2N2O/c1-6(2,3)12-5(11-10)7(4,8)9/h1-4H3. The minimum absolute atomic E-state index is 0.605. The average Bonchev–Trinajstić information content (AvgIpc) is 1.78. The summed E-state index contributed by atoms with van der Waals surface area (Å²) < 4.78 is 29.7. The molecule has 0 heterocycles. The Balaban J connectivity index is 4.55. The molecule has 70 valence electrons. The lowest BCUT2D eigenvalue weighted by molar-refractivity contribution is -0.108. The van der Waals surface area contributed by atoms with Crippen LogP contribution in [0.1, 0.15) is 27.7 Å². The summed E-state index contributed by atoms with van der Waals surface area (Å²) in [6, 6.07) is 0. The Morgan fingerprint density at radius 1 is 1.25 bits per heavy atom. The van der Waals surface area contributed by atoms with E-state index < -0.39 is 17.4 Å². The number of alkyl halides is 2. The molecule has 0 unspecified atom stereocenters. The van der Waals surface area contributed by atoms with Crippen molar-refractivity contribution in [3.63, 3.8) is 0 Å². The van der Waals surface area contributed by atoms with Crippen LogP contribution in [0, 0.1) is 0 Å². The molecule has 0 bridgehead atoms. The predicted molar refractivity (Wildman–Crippen MR) is 40.1 cm³/mol. The Kier molecular flexibility index (Phi) is 2.93. The zero-order chi connectivity index (χ0) is 9.99. The molecule has 0 rings (SSSR count). The molecule has 0 N–H and O–H groups in total. The second kappa shape index (κ2) is 3.19. The predicted octanol–water partition coefficient (Wildman–Crippen LogP) is 2.08. The zero-order valence-corrected chi connectivity index (χ0v) is 7.56. The summed E-state index contributed by atoms with van der Waals surface area (Å²) in [4.78, 5) is 2.39. The average molecular weight is 178 g/mol. The Labute approximate surface area is 70.0 Å². The van der Waals surface area contributed by atoms with Gasteiger partial charge in [-0.15, -0.1) is 4.79 Å². The fourth-order valence-corrected chi connectivity index (χ4v) is 0.488. The molecule has 0 fully saturated rings. The van der Waals surface area contributed by atoms with E-state index in [1.54, 1.807) is 20.8 Å². The van der Waals surface area contributed by atoms with Crippen molar-refractivity contribution in [1.82, 2.24) is 0 Å². The number of hydrogen-bond donors (Lipinski definition) is 0. The van der Waals surface area contributed by atoms with Gasteiger partial charge >= 0.3 is 11.8 Å². The fraction of sp³-hybridized carbons (Fsp3) is 0.857. The first-order valence-corrected chi connectivity index (χ1v) is 3.46. The third-order valence-electron chi connectivity index (χ3n) is 0.869. The lowest BCUT2D eigenvalue weighted by Crippen LogP contribution is -2.35. The molecule has 0 aliphatic heterocycles. The molecule has 0 spiro atoms. The molecule has 0 aliphatic rings. The van der Waals surface area contributed by atoms with Crippen LogP contribution in [-0.4, -0.2) is 22.2 Å². The van der Waals surface area contributed by atoms with E-state index in [-0.39, 0.29) is 0 Å². The third kappa shape index (κ3) is 4.03. The summed E-state index contributed by atoms with van der Waals surface area (Å²) in [6.07, 6.45) is 0. The van der Waals surface area contributed by atoms with Gasteiger partial charge in [0.2, 0.25) is 0 Å². The van der Waals surface area contributed by atoms with Gasteiger partial charge in [-0.05, 0) is 20.8 Å². The number of hydrogen-bond acceptors (Lipinski definition) is 1. The molecular formula is C7H12F2N2O. The van der Waals surface area contributed by atoms with E-state index in [4.69, 9.17) is 10.3 Å². The Bertz CT molecular complexity index is 208. The van der Waals surface area contributed by atoms with Gasteiger partial charge in [-0.3, -0.25) is 0 Å². The second-order valence-electron chi connectivity index (χ2n) is 3.51. The fourth-order valence-electron chi connectivity index (χ4n) is 0.488. The largest absolute Gasteiger partial charge is 0.520 e. The van der Waals surface area contributed by atoms with E-state index in [2.05, 4.69) is 4.79 Å². The maximum atomic E-state index is 12.5. The first-order valence-electron chi connectivity index (χ1n) is 3.46. The molecule has 0 aliphatic carbocycles. The number of nitrogens with zero attached hydrogens (tertiary/aromatic N) is 2. The molecule has 0 aromatic rings. The highest BCUT2D eigenvalue weighted by Crippen LogP contribution is 2.18. The van der Waals surface area contributed by atoms with Crippen LogP contribution >= 0.6 is 0 Å². The highest BCUT2D eigenvalue weighted by atomic mass is 19.3. The molecule has 0 atom stereocenters. The second-order valence-corrected chi connectivity index (χ2v) is 3.51. The van der Waals surface area contributed by atoms with Crippen molar-refractivity contribution in [2.45, 2.75) is 39.2 Å². The van der Waals surface area contributed by atoms with Crippen molar-refractivity contribution in [2.24, 2.45) is 0 Å². The van der Waals surface area contributed by atoms with E-state index in [0.717, 1.165) is 0 Å². The summed E-state index contributed by atoms with van der Waals surface area (Å²) >= 11 is 0. The number of ether oxygens (including phenoxy) is 1. The molecule has 3 nitrogen and oxygen atoms in total. The molecular weight excluding hydrogens is 166 g/mol. The van der Waals surface area contributed by atoms with E-state index in [9.17, 15) is 8.78 Å². The lowest BCUT2D eigenvalue weighted by Gasteiger charge is -2.18. The van der Waals surface area contributed by atoms with E-state index in [1.807, 2.05) is 0 Å². The summed E-state index contributed by atoms with van der Waals surface area (Å²) in [6.45, 7) is 5.37. The molecule has 0 saturated carbocycles. The number of rotatable bonds is 1. The van der Waals surface area contributed by atoms with Crippen molar-refractivity contribution in [3.8, 4) is 0 Å². The number of halogens is 2. The summed E-state index contributed by atoms with van der Waals surface area (Å²) in [7, 11) is 0. The Hall–Kier alpha value is -0.960. The molecule has 0 saturated heterocycles. The van der Waals surface area contributed by atoms with Crippen LogP contribution in [0.2, 0.25) is 0 Å². The van der Waals surface area contributed by atoms with Gasteiger partial charge in [0, 0.05) is 6.92 Å². The molecule has 12 heavy (non-hydrogen) atoms. The van der Waals surface area contributed by atoms with Crippen molar-refractivity contribution in [1.29, 1.82) is 0 Å². The summed E-state index contributed by atoms with van der Waals surface area (Å²) in [5.41, 5.74) is 7.42. The first kappa shape index (κ1) is 11.0. The minimum atomic E-state index is -3.25. The summed E-state index contributed by atoms with van der Waals surface area (Å²) in [5.74, 6) is -4.21.